The van der Waals surface area contributed by atoms with Gasteiger partial charge in [0.05, 0.1) is 4.90 Å². The van der Waals surface area contributed by atoms with Crippen LogP contribution in [0.1, 0.15) is 10.5 Å². The summed E-state index contributed by atoms with van der Waals surface area (Å²) in [5.41, 5.74) is 0.438. The molecule has 1 aliphatic heterocycles. The van der Waals surface area contributed by atoms with E-state index in [0.29, 0.717) is 11.5 Å². The van der Waals surface area contributed by atoms with Crippen LogP contribution >= 0.6 is 11.8 Å². The summed E-state index contributed by atoms with van der Waals surface area (Å²) >= 11 is 1.68. The first-order valence-corrected chi connectivity index (χ1v) is 4.50. The number of aldehydes is 1. The Morgan fingerprint density at radius 3 is 3.25 bits per heavy atom. The van der Waals surface area contributed by atoms with Crippen molar-refractivity contribution in [2.45, 2.75) is 4.90 Å². The predicted molar refractivity (Wildman–Crippen MR) is 48.5 cm³/mol. The van der Waals surface area contributed by atoms with Crippen molar-refractivity contribution in [1.29, 1.82) is 0 Å². The molecule has 0 N–H and O–H groups in total. The van der Waals surface area contributed by atoms with Crippen LogP contribution in [-0.2, 0) is 0 Å². The number of pyridine rings is 1. The molecule has 60 valence electrons. The number of hydrogen-bond donors (Lipinski definition) is 0. The number of rotatable bonds is 1. The lowest BCUT2D eigenvalue weighted by atomic mass is 10.3. The zero-order valence-corrected chi connectivity index (χ0v) is 7.04. The molecule has 0 fully saturated rings. The molecule has 4 heteroatoms. The minimum absolute atomic E-state index is 0.438. The third-order valence-corrected chi connectivity index (χ3v) is 2.45. The lowest BCUT2D eigenvalue weighted by Crippen LogP contribution is -1.93. The Hall–Kier alpha value is -1.16. The van der Waals surface area contributed by atoms with Crippen LogP contribution < -0.4 is 0 Å². The van der Waals surface area contributed by atoms with E-state index >= 15 is 0 Å². The maximum atomic E-state index is 10.4. The molecule has 1 aliphatic rings. The van der Waals surface area contributed by atoms with Gasteiger partial charge < -0.3 is 0 Å². The normalized spacial score (nSPS) is 14.0. The summed E-state index contributed by atoms with van der Waals surface area (Å²) in [5.74, 6) is 1.55. The summed E-state index contributed by atoms with van der Waals surface area (Å²) in [6.45, 7) is 0. The molecule has 0 aliphatic carbocycles. The molecule has 0 amide bonds. The molecule has 0 saturated carbocycles. The van der Waals surface area contributed by atoms with E-state index in [-0.39, 0.29) is 0 Å². The number of carbonyl (C=O) groups is 1. The van der Waals surface area contributed by atoms with Crippen molar-refractivity contribution in [2.24, 2.45) is 4.99 Å². The molecule has 0 spiro atoms. The third kappa shape index (κ3) is 1.25. The summed E-state index contributed by atoms with van der Waals surface area (Å²) < 4.78 is 0. The second kappa shape index (κ2) is 3.06. The molecular formula is C8H6N2OS. The maximum Gasteiger partial charge on any atom is 0.168 e. The van der Waals surface area contributed by atoms with Gasteiger partial charge in [-0.15, -0.1) is 11.8 Å². The van der Waals surface area contributed by atoms with E-state index in [1.54, 1.807) is 24.0 Å². The topological polar surface area (TPSA) is 42.3 Å². The SMILES string of the molecule is O=Cc1ccc2c(n1)N=CCS2. The van der Waals surface area contributed by atoms with E-state index < -0.39 is 0 Å². The summed E-state index contributed by atoms with van der Waals surface area (Å²) in [5, 5.41) is 0. The molecule has 0 aromatic carbocycles. The summed E-state index contributed by atoms with van der Waals surface area (Å²) in [7, 11) is 0. The number of hydrogen-bond acceptors (Lipinski definition) is 4. The number of fused-ring (bicyclic) bond motifs is 1. The quantitative estimate of drug-likeness (QED) is 0.615. The van der Waals surface area contributed by atoms with Crippen LogP contribution in [0.25, 0.3) is 0 Å². The van der Waals surface area contributed by atoms with Crippen molar-refractivity contribution in [3.05, 3.63) is 17.8 Å². The first-order valence-electron chi connectivity index (χ1n) is 3.52. The van der Waals surface area contributed by atoms with E-state index in [1.165, 1.54) is 0 Å². The minimum atomic E-state index is 0.438. The zero-order valence-electron chi connectivity index (χ0n) is 6.23. The van der Waals surface area contributed by atoms with Gasteiger partial charge in [0.15, 0.2) is 12.1 Å². The molecule has 1 aromatic heterocycles. The second-order valence-corrected chi connectivity index (χ2v) is 3.36. The Labute approximate surface area is 73.9 Å². The first-order chi connectivity index (χ1) is 5.90. The molecule has 12 heavy (non-hydrogen) atoms. The van der Waals surface area contributed by atoms with E-state index in [9.17, 15) is 4.79 Å². The van der Waals surface area contributed by atoms with Gasteiger partial charge in [0.2, 0.25) is 0 Å². The Morgan fingerprint density at radius 1 is 1.50 bits per heavy atom. The summed E-state index contributed by atoms with van der Waals surface area (Å²) in [6, 6.07) is 3.59. The highest BCUT2D eigenvalue weighted by atomic mass is 32.2. The lowest BCUT2D eigenvalue weighted by Gasteiger charge is -2.06. The van der Waals surface area contributed by atoms with Gasteiger partial charge in [-0.05, 0) is 12.1 Å². The van der Waals surface area contributed by atoms with E-state index in [2.05, 4.69) is 9.98 Å². The molecule has 3 nitrogen and oxygen atoms in total. The average molecular weight is 178 g/mol. The molecule has 0 unspecified atom stereocenters. The fourth-order valence-electron chi connectivity index (χ4n) is 0.972. The van der Waals surface area contributed by atoms with Crippen LogP contribution in [0.2, 0.25) is 0 Å². The van der Waals surface area contributed by atoms with Gasteiger partial charge in [0.1, 0.15) is 5.69 Å². The number of thioether (sulfide) groups is 1. The van der Waals surface area contributed by atoms with Crippen molar-refractivity contribution in [3.63, 3.8) is 0 Å². The molecule has 2 rings (SSSR count). The fourth-order valence-corrected chi connectivity index (χ4v) is 1.69. The van der Waals surface area contributed by atoms with Gasteiger partial charge in [0, 0.05) is 12.0 Å². The molecule has 0 atom stereocenters. The molecule has 0 bridgehead atoms. The molecule has 1 aromatic rings. The van der Waals surface area contributed by atoms with Crippen molar-refractivity contribution in [2.75, 3.05) is 5.75 Å². The largest absolute Gasteiger partial charge is 0.296 e. The standard InChI is InChI=1S/C8H6N2OS/c11-5-6-1-2-7-8(10-6)9-3-4-12-7/h1-3,5H,4H2. The predicted octanol–water partition coefficient (Wildman–Crippen LogP) is 1.70. The van der Waals surface area contributed by atoms with Crippen LogP contribution in [0.15, 0.2) is 22.0 Å². The highest BCUT2D eigenvalue weighted by Crippen LogP contribution is 2.29. The summed E-state index contributed by atoms with van der Waals surface area (Å²) in [6.07, 6.45) is 2.53. The molecule has 2 heterocycles. The Kier molecular flexibility index (Phi) is 1.91. The van der Waals surface area contributed by atoms with Crippen molar-refractivity contribution < 1.29 is 4.79 Å². The van der Waals surface area contributed by atoms with Gasteiger partial charge in [-0.1, -0.05) is 0 Å². The minimum Gasteiger partial charge on any atom is -0.296 e. The van der Waals surface area contributed by atoms with Crippen LogP contribution in [0.5, 0.6) is 0 Å². The lowest BCUT2D eigenvalue weighted by molar-refractivity contribution is 0.111. The summed E-state index contributed by atoms with van der Waals surface area (Å²) in [4.78, 5) is 19.5. The fraction of sp³-hybridized carbons (Fsp3) is 0.125. The maximum absolute atomic E-state index is 10.4. The Balaban J connectivity index is 2.51. The number of aliphatic imine (C=N–C) groups is 1. The van der Waals surface area contributed by atoms with Crippen LogP contribution in [-0.4, -0.2) is 23.2 Å². The Bertz CT molecular complexity index is 349. The molecule has 0 radical (unpaired) electrons. The van der Waals surface area contributed by atoms with Gasteiger partial charge >= 0.3 is 0 Å². The molecule has 0 saturated heterocycles. The van der Waals surface area contributed by atoms with Crippen molar-refractivity contribution in [3.8, 4) is 0 Å². The monoisotopic (exact) mass is 178 g/mol. The van der Waals surface area contributed by atoms with Gasteiger partial charge in [0.25, 0.3) is 0 Å². The number of carbonyl (C=O) groups excluding carboxylic acids is 1. The number of aromatic nitrogens is 1. The van der Waals surface area contributed by atoms with E-state index in [4.69, 9.17) is 0 Å². The smallest absolute Gasteiger partial charge is 0.168 e. The highest BCUT2D eigenvalue weighted by molar-refractivity contribution is 8.00. The van der Waals surface area contributed by atoms with Gasteiger partial charge in [-0.2, -0.15) is 0 Å². The second-order valence-electron chi connectivity index (χ2n) is 2.30. The van der Waals surface area contributed by atoms with Crippen LogP contribution in [0, 0.1) is 0 Å². The zero-order chi connectivity index (χ0) is 8.39. The number of nitrogens with zero attached hydrogens (tertiary/aromatic N) is 2. The highest BCUT2D eigenvalue weighted by Gasteiger charge is 2.07. The van der Waals surface area contributed by atoms with Crippen molar-refractivity contribution >= 4 is 30.1 Å². The van der Waals surface area contributed by atoms with Crippen LogP contribution in [0.4, 0.5) is 5.82 Å². The van der Waals surface area contributed by atoms with E-state index in [1.807, 2.05) is 6.07 Å². The van der Waals surface area contributed by atoms with Gasteiger partial charge in [-0.3, -0.25) is 4.79 Å². The average Bonchev–Trinajstić information content (AvgIpc) is 2.17. The van der Waals surface area contributed by atoms with Crippen molar-refractivity contribution in [1.82, 2.24) is 4.98 Å². The van der Waals surface area contributed by atoms with Crippen LogP contribution in [0.3, 0.4) is 0 Å². The molecular weight excluding hydrogens is 172 g/mol. The van der Waals surface area contributed by atoms with Gasteiger partial charge in [-0.25, -0.2) is 9.98 Å². The van der Waals surface area contributed by atoms with E-state index in [0.717, 1.165) is 16.9 Å². The third-order valence-electron chi connectivity index (χ3n) is 1.51. The Morgan fingerprint density at radius 2 is 2.42 bits per heavy atom. The first kappa shape index (κ1) is 7.49.